The molecular weight excluding hydrogens is 406 g/mol. The predicted molar refractivity (Wildman–Crippen MR) is 114 cm³/mol. The summed E-state index contributed by atoms with van der Waals surface area (Å²) in [5.74, 6) is 0.113. The zero-order chi connectivity index (χ0) is 21.7. The topological polar surface area (TPSA) is 123 Å². The first-order valence-electron chi connectivity index (χ1n) is 9.12. The molecule has 0 radical (unpaired) electrons. The minimum atomic E-state index is -0.498. The number of H-pyrrole nitrogens is 1. The highest BCUT2D eigenvalue weighted by atomic mass is 32.2. The molecule has 10 heteroatoms. The molecule has 30 heavy (non-hydrogen) atoms. The van der Waals surface area contributed by atoms with E-state index in [-0.39, 0.29) is 35.7 Å². The minimum Gasteiger partial charge on any atom is -0.416 e. The van der Waals surface area contributed by atoms with Crippen molar-refractivity contribution in [3.05, 3.63) is 80.5 Å². The van der Waals surface area contributed by atoms with Crippen molar-refractivity contribution in [3.63, 3.8) is 0 Å². The van der Waals surface area contributed by atoms with Crippen molar-refractivity contribution in [2.75, 3.05) is 11.1 Å². The van der Waals surface area contributed by atoms with Crippen LogP contribution in [0.4, 0.5) is 5.69 Å². The summed E-state index contributed by atoms with van der Waals surface area (Å²) in [5, 5.41) is 10.9. The van der Waals surface area contributed by atoms with Crippen molar-refractivity contribution < 1.29 is 9.21 Å². The fourth-order valence-corrected chi connectivity index (χ4v) is 3.37. The van der Waals surface area contributed by atoms with Gasteiger partial charge in [-0.2, -0.15) is 0 Å². The fourth-order valence-electron chi connectivity index (χ4n) is 2.79. The average molecular weight is 427 g/mol. The van der Waals surface area contributed by atoms with E-state index in [9.17, 15) is 14.4 Å². The summed E-state index contributed by atoms with van der Waals surface area (Å²) in [6, 6.07) is 7.50. The van der Waals surface area contributed by atoms with Crippen molar-refractivity contribution in [1.29, 1.82) is 0 Å². The van der Waals surface area contributed by atoms with Crippen LogP contribution in [0.5, 0.6) is 0 Å². The molecule has 3 aromatic rings. The number of carbonyl (C=O) groups excluding carboxylic acids is 1. The van der Waals surface area contributed by atoms with Gasteiger partial charge < -0.3 is 14.7 Å². The van der Waals surface area contributed by atoms with E-state index >= 15 is 0 Å². The van der Waals surface area contributed by atoms with Crippen molar-refractivity contribution in [1.82, 2.24) is 19.7 Å². The van der Waals surface area contributed by atoms with Gasteiger partial charge in [0.15, 0.2) is 0 Å². The largest absolute Gasteiger partial charge is 0.416 e. The number of anilines is 1. The molecule has 0 fully saturated rings. The van der Waals surface area contributed by atoms with Crippen molar-refractivity contribution >= 4 is 23.4 Å². The van der Waals surface area contributed by atoms with Crippen LogP contribution in [-0.2, 0) is 17.8 Å². The van der Waals surface area contributed by atoms with E-state index in [4.69, 9.17) is 4.42 Å². The first-order valence-corrected chi connectivity index (χ1v) is 10.1. The summed E-state index contributed by atoms with van der Waals surface area (Å²) < 4.78 is 6.60. The van der Waals surface area contributed by atoms with Gasteiger partial charge in [-0.3, -0.25) is 14.2 Å². The Morgan fingerprint density at radius 2 is 2.13 bits per heavy atom. The Balaban J connectivity index is 1.65. The van der Waals surface area contributed by atoms with Crippen LogP contribution in [0.3, 0.4) is 0 Å². The first-order chi connectivity index (χ1) is 14.4. The molecule has 3 rings (SSSR count). The van der Waals surface area contributed by atoms with Gasteiger partial charge in [0.1, 0.15) is 0 Å². The van der Waals surface area contributed by atoms with E-state index < -0.39 is 11.2 Å². The lowest BCUT2D eigenvalue weighted by Crippen LogP contribution is -2.37. The van der Waals surface area contributed by atoms with Gasteiger partial charge in [0, 0.05) is 23.5 Å². The molecule has 156 valence electrons. The number of hydrogen-bond acceptors (Lipinski definition) is 7. The van der Waals surface area contributed by atoms with E-state index in [0.717, 1.165) is 27.6 Å². The number of rotatable bonds is 8. The number of aromatic nitrogens is 4. The number of nitrogens with zero attached hydrogens (tertiary/aromatic N) is 3. The molecule has 0 aliphatic rings. The Morgan fingerprint density at radius 1 is 1.33 bits per heavy atom. The molecular formula is C20H21N5O4S. The second-order valence-electron chi connectivity index (χ2n) is 6.58. The molecule has 0 bridgehead atoms. The Morgan fingerprint density at radius 3 is 2.87 bits per heavy atom. The molecule has 0 aliphatic carbocycles. The molecule has 9 nitrogen and oxygen atoms in total. The van der Waals surface area contributed by atoms with Crippen molar-refractivity contribution in [2.24, 2.45) is 0 Å². The summed E-state index contributed by atoms with van der Waals surface area (Å²) in [5.41, 5.74) is 1.63. The van der Waals surface area contributed by atoms with E-state index in [1.807, 2.05) is 31.2 Å². The Bertz CT molecular complexity index is 1190. The number of nitrogens with one attached hydrogen (secondary N) is 2. The van der Waals surface area contributed by atoms with E-state index in [2.05, 4.69) is 27.1 Å². The summed E-state index contributed by atoms with van der Waals surface area (Å²) in [7, 11) is 0. The van der Waals surface area contributed by atoms with E-state index in [1.165, 1.54) is 6.08 Å². The third kappa shape index (κ3) is 5.15. The molecule has 1 amide bonds. The number of aromatic amines is 1. The zero-order valence-electron chi connectivity index (χ0n) is 16.6. The number of benzene rings is 1. The third-order valence-electron chi connectivity index (χ3n) is 4.21. The van der Waals surface area contributed by atoms with E-state index in [1.54, 1.807) is 6.92 Å². The molecule has 2 heterocycles. The number of allylic oxidation sites excluding steroid dienone is 1. The van der Waals surface area contributed by atoms with Gasteiger partial charge in [-0.25, -0.2) is 4.79 Å². The van der Waals surface area contributed by atoms with Crippen LogP contribution in [0.15, 0.2) is 56.1 Å². The van der Waals surface area contributed by atoms with Gasteiger partial charge in [0.25, 0.3) is 10.8 Å². The molecule has 0 atom stereocenters. The van der Waals surface area contributed by atoms with Gasteiger partial charge in [-0.15, -0.1) is 16.8 Å². The second kappa shape index (κ2) is 9.40. The SMILES string of the molecule is C=CCn1c(=O)[nH]c(C)c(Cc2nnc(SCC(=O)Nc3cccc(C)c3)o2)c1=O. The Labute approximate surface area is 176 Å². The van der Waals surface area contributed by atoms with Gasteiger partial charge in [-0.05, 0) is 31.5 Å². The lowest BCUT2D eigenvalue weighted by Gasteiger charge is -2.06. The number of carbonyl (C=O) groups is 1. The number of amides is 1. The third-order valence-corrected chi connectivity index (χ3v) is 5.03. The first kappa shape index (κ1) is 21.3. The van der Waals surface area contributed by atoms with Crippen molar-refractivity contribution in [2.45, 2.75) is 32.0 Å². The molecule has 2 N–H and O–H groups in total. The van der Waals surface area contributed by atoms with Crippen LogP contribution >= 0.6 is 11.8 Å². The Kier molecular flexibility index (Phi) is 6.68. The van der Waals surface area contributed by atoms with Crippen LogP contribution in [0.1, 0.15) is 22.7 Å². The number of aryl methyl sites for hydroxylation is 2. The summed E-state index contributed by atoms with van der Waals surface area (Å²) in [4.78, 5) is 39.2. The monoisotopic (exact) mass is 427 g/mol. The second-order valence-corrected chi connectivity index (χ2v) is 7.51. The maximum atomic E-state index is 12.6. The molecule has 0 saturated carbocycles. The number of thioether (sulfide) groups is 1. The van der Waals surface area contributed by atoms with Gasteiger partial charge >= 0.3 is 5.69 Å². The minimum absolute atomic E-state index is 0.0711. The smallest absolute Gasteiger partial charge is 0.328 e. The molecule has 0 aliphatic heterocycles. The highest BCUT2D eigenvalue weighted by molar-refractivity contribution is 7.99. The maximum Gasteiger partial charge on any atom is 0.328 e. The Hall–Kier alpha value is -3.40. The van der Waals surface area contributed by atoms with E-state index in [0.29, 0.717) is 11.3 Å². The van der Waals surface area contributed by atoms with Crippen LogP contribution in [0.2, 0.25) is 0 Å². The molecule has 0 spiro atoms. The lowest BCUT2D eigenvalue weighted by atomic mass is 10.1. The molecule has 0 unspecified atom stereocenters. The van der Waals surface area contributed by atoms with Crippen molar-refractivity contribution in [3.8, 4) is 0 Å². The van der Waals surface area contributed by atoms with Gasteiger partial charge in [0.05, 0.1) is 12.2 Å². The standard InChI is InChI=1S/C20H21N5O4S/c1-4-8-25-18(27)15(13(3)21-19(25)28)10-17-23-24-20(29-17)30-11-16(26)22-14-7-5-6-12(2)9-14/h4-7,9H,1,8,10-11H2,2-3H3,(H,21,28)(H,22,26). The molecule has 2 aromatic heterocycles. The number of hydrogen-bond donors (Lipinski definition) is 2. The van der Waals surface area contributed by atoms with Crippen LogP contribution in [0.25, 0.3) is 0 Å². The molecule has 1 aromatic carbocycles. The normalized spacial score (nSPS) is 10.7. The van der Waals surface area contributed by atoms with Crippen LogP contribution in [-0.4, -0.2) is 31.4 Å². The lowest BCUT2D eigenvalue weighted by molar-refractivity contribution is -0.113. The summed E-state index contributed by atoms with van der Waals surface area (Å²) in [6.07, 6.45) is 1.54. The highest BCUT2D eigenvalue weighted by Gasteiger charge is 2.16. The highest BCUT2D eigenvalue weighted by Crippen LogP contribution is 2.18. The predicted octanol–water partition coefficient (Wildman–Crippen LogP) is 2.04. The summed E-state index contributed by atoms with van der Waals surface area (Å²) in [6.45, 7) is 7.24. The maximum absolute atomic E-state index is 12.6. The quantitative estimate of drug-likeness (QED) is 0.416. The average Bonchev–Trinajstić information content (AvgIpc) is 3.14. The van der Waals surface area contributed by atoms with Gasteiger partial charge in [-0.1, -0.05) is 30.0 Å². The molecule has 0 saturated heterocycles. The summed E-state index contributed by atoms with van der Waals surface area (Å²) >= 11 is 1.10. The zero-order valence-corrected chi connectivity index (χ0v) is 17.4. The fraction of sp³-hybridized carbons (Fsp3) is 0.250. The van der Waals surface area contributed by atoms with Crippen LogP contribution in [0, 0.1) is 13.8 Å². The van der Waals surface area contributed by atoms with Crippen LogP contribution < -0.4 is 16.6 Å². The van der Waals surface area contributed by atoms with Gasteiger partial charge in [0.2, 0.25) is 11.8 Å².